The lowest BCUT2D eigenvalue weighted by Gasteiger charge is -2.26. The first-order valence-corrected chi connectivity index (χ1v) is 10.7. The second-order valence-corrected chi connectivity index (χ2v) is 7.32. The zero-order chi connectivity index (χ0) is 22.1. The Kier molecular flexibility index (Phi) is 8.49. The van der Waals surface area contributed by atoms with Crippen LogP contribution in [0, 0.1) is 0 Å². The molecule has 0 unspecified atom stereocenters. The third-order valence-electron chi connectivity index (χ3n) is 4.81. The first-order chi connectivity index (χ1) is 15.1. The fourth-order valence-electron chi connectivity index (χ4n) is 3.15. The topological polar surface area (TPSA) is 69.3 Å². The zero-order valence-electron chi connectivity index (χ0n) is 17.9. The summed E-state index contributed by atoms with van der Waals surface area (Å²) in [6, 6.07) is 13.3. The Labute approximate surface area is 188 Å². The van der Waals surface area contributed by atoms with Crippen LogP contribution in [0.3, 0.4) is 0 Å². The fraction of sp³-hybridized carbons (Fsp3) is 0.391. The van der Waals surface area contributed by atoms with Crippen molar-refractivity contribution in [2.75, 3.05) is 46.6 Å². The van der Waals surface area contributed by atoms with Crippen molar-refractivity contribution >= 4 is 23.1 Å². The molecule has 2 aromatic carbocycles. The maximum absolute atomic E-state index is 12.3. The molecule has 3 rings (SSSR count). The Morgan fingerprint density at radius 2 is 1.94 bits per heavy atom. The maximum Gasteiger partial charge on any atom is 0.260 e. The molecule has 31 heavy (non-hydrogen) atoms. The first kappa shape index (κ1) is 22.8. The van der Waals surface area contributed by atoms with E-state index in [4.69, 9.17) is 31.2 Å². The summed E-state index contributed by atoms with van der Waals surface area (Å²) in [4.78, 5) is 14.7. The molecule has 1 fully saturated rings. The standard InChI is InChI=1S/C23H28N2O5S/c1-3-29-21-14-18(23(31)24-15-17-5-4-6-19(13-17)27-2)7-8-20(21)30-16-22(26)25-9-11-28-12-10-25/h4-8,13-14H,3,9-12,15-16H2,1-2H3,(H,24,31). The van der Waals surface area contributed by atoms with Gasteiger partial charge in [-0.1, -0.05) is 24.4 Å². The minimum absolute atomic E-state index is 0.0437. The minimum Gasteiger partial charge on any atom is -0.497 e. The van der Waals surface area contributed by atoms with E-state index < -0.39 is 0 Å². The summed E-state index contributed by atoms with van der Waals surface area (Å²) < 4.78 is 22.0. The number of carbonyl (C=O) groups is 1. The molecule has 0 aromatic heterocycles. The van der Waals surface area contributed by atoms with Crippen molar-refractivity contribution in [2.45, 2.75) is 13.5 Å². The molecule has 7 nitrogen and oxygen atoms in total. The third-order valence-corrected chi connectivity index (χ3v) is 5.19. The van der Waals surface area contributed by atoms with Gasteiger partial charge in [-0.05, 0) is 42.8 Å². The summed E-state index contributed by atoms with van der Waals surface area (Å²) in [5.41, 5.74) is 1.88. The van der Waals surface area contributed by atoms with Crippen LogP contribution in [-0.2, 0) is 16.1 Å². The van der Waals surface area contributed by atoms with E-state index in [-0.39, 0.29) is 12.5 Å². The molecule has 0 spiro atoms. The number of carbonyl (C=O) groups excluding carboxylic acids is 1. The third kappa shape index (κ3) is 6.57. The number of nitrogens with zero attached hydrogens (tertiary/aromatic N) is 1. The SMILES string of the molecule is CCOc1cc(C(=S)NCc2cccc(OC)c2)ccc1OCC(=O)N1CCOCC1. The highest BCUT2D eigenvalue weighted by molar-refractivity contribution is 7.80. The summed E-state index contributed by atoms with van der Waals surface area (Å²) in [7, 11) is 1.64. The van der Waals surface area contributed by atoms with Crippen molar-refractivity contribution in [3.63, 3.8) is 0 Å². The van der Waals surface area contributed by atoms with Crippen molar-refractivity contribution < 1.29 is 23.7 Å². The molecule has 0 aliphatic carbocycles. The highest BCUT2D eigenvalue weighted by atomic mass is 32.1. The lowest BCUT2D eigenvalue weighted by atomic mass is 10.1. The monoisotopic (exact) mass is 444 g/mol. The predicted octanol–water partition coefficient (Wildman–Crippen LogP) is 2.80. The van der Waals surface area contributed by atoms with E-state index >= 15 is 0 Å². The van der Waals surface area contributed by atoms with Crippen LogP contribution in [0.2, 0.25) is 0 Å². The lowest BCUT2D eigenvalue weighted by Crippen LogP contribution is -2.43. The number of rotatable bonds is 9. The number of hydrogen-bond donors (Lipinski definition) is 1. The Morgan fingerprint density at radius 1 is 1.13 bits per heavy atom. The molecule has 166 valence electrons. The van der Waals surface area contributed by atoms with E-state index in [0.29, 0.717) is 55.9 Å². The molecule has 0 saturated carbocycles. The van der Waals surface area contributed by atoms with Gasteiger partial charge in [-0.2, -0.15) is 0 Å². The van der Waals surface area contributed by atoms with Crippen LogP contribution in [0.25, 0.3) is 0 Å². The number of nitrogens with one attached hydrogen (secondary N) is 1. The normalized spacial score (nSPS) is 13.4. The van der Waals surface area contributed by atoms with Gasteiger partial charge in [-0.3, -0.25) is 4.79 Å². The molecule has 1 heterocycles. The van der Waals surface area contributed by atoms with Gasteiger partial charge in [0.2, 0.25) is 0 Å². The largest absolute Gasteiger partial charge is 0.497 e. The molecule has 1 aliphatic heterocycles. The van der Waals surface area contributed by atoms with Gasteiger partial charge in [0, 0.05) is 25.2 Å². The van der Waals surface area contributed by atoms with Gasteiger partial charge in [0.25, 0.3) is 5.91 Å². The summed E-state index contributed by atoms with van der Waals surface area (Å²) in [6.45, 7) is 5.20. The number of hydrogen-bond acceptors (Lipinski definition) is 6. The Bertz CT molecular complexity index is 899. The fourth-order valence-corrected chi connectivity index (χ4v) is 3.35. The summed E-state index contributed by atoms with van der Waals surface area (Å²) in [5.74, 6) is 1.81. The zero-order valence-corrected chi connectivity index (χ0v) is 18.7. The number of morpholine rings is 1. The Hall–Kier alpha value is -2.84. The van der Waals surface area contributed by atoms with Gasteiger partial charge in [0.05, 0.1) is 26.9 Å². The van der Waals surface area contributed by atoms with Crippen LogP contribution < -0.4 is 19.5 Å². The smallest absolute Gasteiger partial charge is 0.260 e. The molecular formula is C23H28N2O5S. The van der Waals surface area contributed by atoms with E-state index in [2.05, 4.69) is 5.32 Å². The summed E-state index contributed by atoms with van der Waals surface area (Å²) >= 11 is 5.55. The Balaban J connectivity index is 1.61. The number of methoxy groups -OCH3 is 1. The van der Waals surface area contributed by atoms with Crippen LogP contribution in [-0.4, -0.2) is 62.4 Å². The summed E-state index contributed by atoms with van der Waals surface area (Å²) in [5, 5.41) is 3.26. The molecule has 2 aromatic rings. The van der Waals surface area contributed by atoms with E-state index in [9.17, 15) is 4.79 Å². The van der Waals surface area contributed by atoms with Crippen LogP contribution in [0.15, 0.2) is 42.5 Å². The molecule has 0 radical (unpaired) electrons. The van der Waals surface area contributed by atoms with Crippen LogP contribution in [0.1, 0.15) is 18.1 Å². The second-order valence-electron chi connectivity index (χ2n) is 6.91. The quantitative estimate of drug-likeness (QED) is 0.597. The van der Waals surface area contributed by atoms with Gasteiger partial charge in [0.15, 0.2) is 18.1 Å². The van der Waals surface area contributed by atoms with Gasteiger partial charge < -0.3 is 29.2 Å². The molecular weight excluding hydrogens is 416 g/mol. The molecule has 1 saturated heterocycles. The lowest BCUT2D eigenvalue weighted by molar-refractivity contribution is -0.137. The number of ether oxygens (including phenoxy) is 4. The molecule has 1 aliphatic rings. The van der Waals surface area contributed by atoms with Gasteiger partial charge in [-0.15, -0.1) is 0 Å². The molecule has 1 amide bonds. The van der Waals surface area contributed by atoms with Crippen molar-refractivity contribution in [1.29, 1.82) is 0 Å². The number of benzene rings is 2. The number of amides is 1. The van der Waals surface area contributed by atoms with Crippen molar-refractivity contribution in [3.8, 4) is 17.2 Å². The van der Waals surface area contributed by atoms with E-state index in [1.807, 2.05) is 43.3 Å². The summed E-state index contributed by atoms with van der Waals surface area (Å²) in [6.07, 6.45) is 0. The highest BCUT2D eigenvalue weighted by Gasteiger charge is 2.18. The van der Waals surface area contributed by atoms with Crippen molar-refractivity contribution in [3.05, 3.63) is 53.6 Å². The molecule has 8 heteroatoms. The Morgan fingerprint density at radius 3 is 2.68 bits per heavy atom. The van der Waals surface area contributed by atoms with Gasteiger partial charge in [-0.25, -0.2) is 0 Å². The first-order valence-electron chi connectivity index (χ1n) is 10.3. The average Bonchev–Trinajstić information content (AvgIpc) is 2.82. The average molecular weight is 445 g/mol. The predicted molar refractivity (Wildman–Crippen MR) is 122 cm³/mol. The van der Waals surface area contributed by atoms with Crippen molar-refractivity contribution in [1.82, 2.24) is 10.2 Å². The second kappa shape index (κ2) is 11.5. The minimum atomic E-state index is -0.0645. The van der Waals surface area contributed by atoms with Crippen LogP contribution in [0.4, 0.5) is 0 Å². The van der Waals surface area contributed by atoms with E-state index in [1.54, 1.807) is 18.1 Å². The van der Waals surface area contributed by atoms with Crippen molar-refractivity contribution in [2.24, 2.45) is 0 Å². The van der Waals surface area contributed by atoms with E-state index in [0.717, 1.165) is 16.9 Å². The van der Waals surface area contributed by atoms with Gasteiger partial charge in [0.1, 0.15) is 10.7 Å². The van der Waals surface area contributed by atoms with Gasteiger partial charge >= 0.3 is 0 Å². The van der Waals surface area contributed by atoms with Crippen LogP contribution in [0.5, 0.6) is 17.2 Å². The molecule has 0 atom stereocenters. The molecule has 0 bridgehead atoms. The van der Waals surface area contributed by atoms with Crippen LogP contribution >= 0.6 is 12.2 Å². The van der Waals surface area contributed by atoms with E-state index in [1.165, 1.54) is 0 Å². The molecule has 1 N–H and O–H groups in total. The highest BCUT2D eigenvalue weighted by Crippen LogP contribution is 2.29. The maximum atomic E-state index is 12.3. The number of thiocarbonyl (C=S) groups is 1.